The van der Waals surface area contributed by atoms with Gasteiger partial charge in [0.05, 0.1) is 0 Å². The van der Waals surface area contributed by atoms with Crippen molar-refractivity contribution in [3.8, 4) is 5.75 Å². The monoisotopic (exact) mass is 325 g/mol. The third kappa shape index (κ3) is 5.50. The molecule has 0 heterocycles. The number of esters is 1. The van der Waals surface area contributed by atoms with E-state index in [-0.39, 0.29) is 17.9 Å². The molecule has 0 aliphatic carbocycles. The molecule has 2 aromatic carbocycles. The van der Waals surface area contributed by atoms with Crippen molar-refractivity contribution in [3.05, 3.63) is 65.7 Å². The molecule has 0 amide bonds. The molecule has 3 nitrogen and oxygen atoms in total. The summed E-state index contributed by atoms with van der Waals surface area (Å²) in [5.41, 5.74) is 2.39. The minimum absolute atomic E-state index is 0.173. The highest BCUT2D eigenvalue weighted by Gasteiger charge is 2.13. The summed E-state index contributed by atoms with van der Waals surface area (Å²) < 4.78 is 5.54. The van der Waals surface area contributed by atoms with E-state index in [1.807, 2.05) is 50.5 Å². The van der Waals surface area contributed by atoms with Crippen molar-refractivity contribution in [1.29, 1.82) is 0 Å². The number of hydrogen-bond acceptors (Lipinski definition) is 3. The van der Waals surface area contributed by atoms with Gasteiger partial charge in [0.2, 0.25) is 0 Å². The van der Waals surface area contributed by atoms with Crippen LogP contribution in [-0.4, -0.2) is 25.0 Å². The average Bonchev–Trinajstić information content (AvgIpc) is 2.54. The molecule has 0 N–H and O–H groups in total. The van der Waals surface area contributed by atoms with Gasteiger partial charge in [-0.1, -0.05) is 49.4 Å². The van der Waals surface area contributed by atoms with E-state index in [0.717, 1.165) is 12.0 Å². The molecule has 0 saturated carbocycles. The lowest BCUT2D eigenvalue weighted by Gasteiger charge is -2.20. The molecule has 0 aliphatic heterocycles. The molecule has 0 aliphatic rings. The van der Waals surface area contributed by atoms with Crippen molar-refractivity contribution in [3.63, 3.8) is 0 Å². The van der Waals surface area contributed by atoms with E-state index in [0.29, 0.717) is 12.2 Å². The Labute approximate surface area is 145 Å². The number of benzene rings is 2. The Morgan fingerprint density at radius 3 is 2.42 bits per heavy atom. The van der Waals surface area contributed by atoms with Crippen molar-refractivity contribution in [2.75, 3.05) is 14.1 Å². The van der Waals surface area contributed by atoms with Crippen LogP contribution in [0.1, 0.15) is 37.4 Å². The molecule has 2 rings (SSSR count). The second-order valence-corrected chi connectivity index (χ2v) is 6.69. The molecular weight excluding hydrogens is 298 g/mol. The molecular formula is C21H27NO2. The summed E-state index contributed by atoms with van der Waals surface area (Å²) in [5, 5.41) is 0. The van der Waals surface area contributed by atoms with Crippen LogP contribution >= 0.6 is 0 Å². The van der Waals surface area contributed by atoms with Crippen LogP contribution in [0.2, 0.25) is 0 Å². The van der Waals surface area contributed by atoms with Gasteiger partial charge >= 0.3 is 5.97 Å². The molecule has 0 fully saturated rings. The van der Waals surface area contributed by atoms with E-state index in [4.69, 9.17) is 4.74 Å². The first-order chi connectivity index (χ1) is 11.5. The Bertz CT molecular complexity index is 652. The van der Waals surface area contributed by atoms with E-state index >= 15 is 0 Å². The molecule has 0 saturated heterocycles. The Balaban J connectivity index is 1.91. The van der Waals surface area contributed by atoms with Crippen LogP contribution in [0.25, 0.3) is 0 Å². The zero-order valence-electron chi connectivity index (χ0n) is 15.0. The van der Waals surface area contributed by atoms with Gasteiger partial charge in [0.25, 0.3) is 0 Å². The molecule has 0 radical (unpaired) electrons. The van der Waals surface area contributed by atoms with Gasteiger partial charge < -0.3 is 9.64 Å². The minimum atomic E-state index is -0.173. The molecule has 0 unspecified atom stereocenters. The van der Waals surface area contributed by atoms with Crippen LogP contribution in [-0.2, 0) is 11.2 Å². The molecule has 2 aromatic rings. The molecule has 2 atom stereocenters. The summed E-state index contributed by atoms with van der Waals surface area (Å²) in [5.74, 6) is 0.704. The van der Waals surface area contributed by atoms with E-state index in [9.17, 15) is 4.79 Å². The first kappa shape index (κ1) is 18.2. The van der Waals surface area contributed by atoms with Crippen LogP contribution in [0.15, 0.2) is 54.6 Å². The second kappa shape index (κ2) is 8.65. The fourth-order valence-electron chi connectivity index (χ4n) is 2.68. The van der Waals surface area contributed by atoms with Gasteiger partial charge in [-0.05, 0) is 56.6 Å². The van der Waals surface area contributed by atoms with E-state index in [1.54, 1.807) is 0 Å². The number of nitrogens with zero attached hydrogens (tertiary/aromatic N) is 1. The second-order valence-electron chi connectivity index (χ2n) is 6.69. The van der Waals surface area contributed by atoms with Crippen LogP contribution in [0.5, 0.6) is 5.75 Å². The fraction of sp³-hybridized carbons (Fsp3) is 0.381. The van der Waals surface area contributed by atoms with Gasteiger partial charge in [-0.15, -0.1) is 0 Å². The molecule has 0 bridgehead atoms. The van der Waals surface area contributed by atoms with E-state index in [2.05, 4.69) is 36.9 Å². The molecule has 0 spiro atoms. The van der Waals surface area contributed by atoms with Crippen LogP contribution in [0, 0.1) is 5.92 Å². The lowest BCUT2D eigenvalue weighted by atomic mass is 9.98. The lowest BCUT2D eigenvalue weighted by molar-refractivity contribution is -0.135. The molecule has 3 heteroatoms. The van der Waals surface area contributed by atoms with Gasteiger partial charge in [-0.25, -0.2) is 0 Å². The van der Waals surface area contributed by atoms with Gasteiger partial charge in [-0.3, -0.25) is 4.79 Å². The highest BCUT2D eigenvalue weighted by molar-refractivity contribution is 5.72. The summed E-state index contributed by atoms with van der Waals surface area (Å²) in [6, 6.07) is 18.3. The van der Waals surface area contributed by atoms with Crippen molar-refractivity contribution in [2.45, 2.75) is 32.7 Å². The predicted molar refractivity (Wildman–Crippen MR) is 98.1 cm³/mol. The van der Waals surface area contributed by atoms with Gasteiger partial charge in [0.1, 0.15) is 5.75 Å². The maximum absolute atomic E-state index is 12.2. The van der Waals surface area contributed by atoms with E-state index in [1.165, 1.54) is 5.56 Å². The third-order valence-corrected chi connectivity index (χ3v) is 4.29. The topological polar surface area (TPSA) is 29.5 Å². The largest absolute Gasteiger partial charge is 0.427 e. The Morgan fingerprint density at radius 2 is 1.75 bits per heavy atom. The standard InChI is InChI=1S/C21H27NO2/c1-16(13-18-9-6-5-7-10-18)14-21(23)24-20-12-8-11-19(15-20)17(2)22(3)4/h5-12,15-17H,13-14H2,1-4H3/t16-,17-/m1/s1. The van der Waals surface area contributed by atoms with Crippen molar-refractivity contribution in [1.82, 2.24) is 4.90 Å². The number of rotatable bonds is 7. The van der Waals surface area contributed by atoms with E-state index < -0.39 is 0 Å². The summed E-state index contributed by atoms with van der Waals surface area (Å²) in [7, 11) is 4.07. The molecule has 0 aromatic heterocycles. The van der Waals surface area contributed by atoms with Crippen LogP contribution < -0.4 is 4.74 Å². The van der Waals surface area contributed by atoms with Gasteiger partial charge in [0, 0.05) is 12.5 Å². The average molecular weight is 325 g/mol. The predicted octanol–water partition coefficient (Wildman–Crippen LogP) is 4.48. The summed E-state index contributed by atoms with van der Waals surface area (Å²) >= 11 is 0. The Morgan fingerprint density at radius 1 is 1.04 bits per heavy atom. The fourth-order valence-corrected chi connectivity index (χ4v) is 2.68. The summed E-state index contributed by atoms with van der Waals surface area (Å²) in [6.07, 6.45) is 1.30. The normalized spacial score (nSPS) is 13.5. The lowest BCUT2D eigenvalue weighted by Crippen LogP contribution is -2.17. The number of hydrogen-bond donors (Lipinski definition) is 0. The van der Waals surface area contributed by atoms with Crippen LogP contribution in [0.4, 0.5) is 0 Å². The van der Waals surface area contributed by atoms with Crippen molar-refractivity contribution < 1.29 is 9.53 Å². The molecule has 24 heavy (non-hydrogen) atoms. The van der Waals surface area contributed by atoms with Crippen LogP contribution in [0.3, 0.4) is 0 Å². The van der Waals surface area contributed by atoms with Gasteiger partial charge in [-0.2, -0.15) is 0 Å². The molecule has 128 valence electrons. The Hall–Kier alpha value is -2.13. The maximum Gasteiger partial charge on any atom is 0.311 e. The smallest absolute Gasteiger partial charge is 0.311 e. The highest BCUT2D eigenvalue weighted by Crippen LogP contribution is 2.23. The zero-order chi connectivity index (χ0) is 17.5. The zero-order valence-corrected chi connectivity index (χ0v) is 15.0. The first-order valence-corrected chi connectivity index (χ1v) is 8.46. The summed E-state index contributed by atoms with van der Waals surface area (Å²) in [4.78, 5) is 14.3. The summed E-state index contributed by atoms with van der Waals surface area (Å²) in [6.45, 7) is 4.21. The number of carbonyl (C=O) groups is 1. The first-order valence-electron chi connectivity index (χ1n) is 8.46. The minimum Gasteiger partial charge on any atom is -0.427 e. The number of ether oxygens (including phenoxy) is 1. The third-order valence-electron chi connectivity index (χ3n) is 4.29. The quantitative estimate of drug-likeness (QED) is 0.555. The Kier molecular flexibility index (Phi) is 6.56. The van der Waals surface area contributed by atoms with Crippen molar-refractivity contribution >= 4 is 5.97 Å². The maximum atomic E-state index is 12.2. The van der Waals surface area contributed by atoms with Gasteiger partial charge in [0.15, 0.2) is 0 Å². The SMILES string of the molecule is C[C@@H](CC(=O)Oc1cccc([C@@H](C)N(C)C)c1)Cc1ccccc1. The number of carbonyl (C=O) groups excluding carboxylic acids is 1. The van der Waals surface area contributed by atoms with Crippen molar-refractivity contribution in [2.24, 2.45) is 5.92 Å². The highest BCUT2D eigenvalue weighted by atomic mass is 16.5.